The highest BCUT2D eigenvalue weighted by atomic mass is 32.1. The summed E-state index contributed by atoms with van der Waals surface area (Å²) in [4.78, 5) is 40.0. The van der Waals surface area contributed by atoms with Gasteiger partial charge in [0.15, 0.2) is 0 Å². The molecule has 2 aliphatic heterocycles. The van der Waals surface area contributed by atoms with Crippen molar-refractivity contribution < 1.29 is 19.1 Å². The second kappa shape index (κ2) is 7.25. The highest BCUT2D eigenvalue weighted by Gasteiger charge is 2.37. The van der Waals surface area contributed by atoms with E-state index in [1.54, 1.807) is 23.5 Å². The zero-order valence-electron chi connectivity index (χ0n) is 15.0. The number of thiophene rings is 1. The van der Waals surface area contributed by atoms with Gasteiger partial charge in [-0.15, -0.1) is 11.3 Å². The maximum atomic E-state index is 12.7. The van der Waals surface area contributed by atoms with Gasteiger partial charge in [0.2, 0.25) is 0 Å². The van der Waals surface area contributed by atoms with E-state index in [1.165, 1.54) is 11.0 Å². The Bertz CT molecular complexity index is 914. The fourth-order valence-corrected chi connectivity index (χ4v) is 4.28. The largest absolute Gasteiger partial charge is 0.376 e. The Morgan fingerprint density at radius 1 is 1.26 bits per heavy atom. The van der Waals surface area contributed by atoms with E-state index in [9.17, 15) is 14.4 Å². The average molecular weight is 384 g/mol. The summed E-state index contributed by atoms with van der Waals surface area (Å²) >= 11 is 1.59. The van der Waals surface area contributed by atoms with Crippen molar-refractivity contribution >= 4 is 29.1 Å². The van der Waals surface area contributed by atoms with Crippen molar-refractivity contribution in [3.05, 3.63) is 56.8 Å². The molecule has 1 aromatic carbocycles. The standard InChI is InChI=1S/C20H20N2O4S/c1-12-6-8-27-17(12)10-21-18(23)13-4-5-15-16(9-13)20(25)22(19(15)24)11-14-3-2-7-26-14/h4-6,8-9,14H,2-3,7,10-11H2,1H3,(H,21,23). The van der Waals surface area contributed by atoms with Gasteiger partial charge in [-0.25, -0.2) is 0 Å². The summed E-state index contributed by atoms with van der Waals surface area (Å²) in [6, 6.07) is 6.68. The van der Waals surface area contributed by atoms with Crippen molar-refractivity contribution in [1.82, 2.24) is 10.2 Å². The van der Waals surface area contributed by atoms with Crippen LogP contribution in [-0.4, -0.2) is 41.9 Å². The summed E-state index contributed by atoms with van der Waals surface area (Å²) in [6.07, 6.45) is 1.70. The Labute approximate surface area is 161 Å². The van der Waals surface area contributed by atoms with Crippen LogP contribution in [-0.2, 0) is 11.3 Å². The van der Waals surface area contributed by atoms with Crippen LogP contribution < -0.4 is 5.32 Å². The van der Waals surface area contributed by atoms with Gasteiger partial charge in [-0.3, -0.25) is 19.3 Å². The first-order valence-electron chi connectivity index (χ1n) is 8.97. The molecule has 1 N–H and O–H groups in total. The number of rotatable bonds is 5. The predicted molar refractivity (Wildman–Crippen MR) is 101 cm³/mol. The summed E-state index contributed by atoms with van der Waals surface area (Å²) in [7, 11) is 0. The number of hydrogen-bond acceptors (Lipinski definition) is 5. The topological polar surface area (TPSA) is 75.7 Å². The molecule has 2 aliphatic rings. The average Bonchev–Trinajstić information content (AvgIpc) is 3.38. The van der Waals surface area contributed by atoms with Crippen LogP contribution in [0.3, 0.4) is 0 Å². The van der Waals surface area contributed by atoms with Crippen molar-refractivity contribution in [2.75, 3.05) is 13.2 Å². The fourth-order valence-electron chi connectivity index (χ4n) is 3.44. The lowest BCUT2D eigenvalue weighted by Crippen LogP contribution is -2.36. The summed E-state index contributed by atoms with van der Waals surface area (Å²) in [5, 5.41) is 4.86. The van der Waals surface area contributed by atoms with Gasteiger partial charge in [0, 0.05) is 17.0 Å². The third-order valence-corrected chi connectivity index (χ3v) is 6.04. The Kier molecular flexibility index (Phi) is 4.80. The first kappa shape index (κ1) is 17.9. The molecular formula is C20H20N2O4S. The van der Waals surface area contributed by atoms with Gasteiger partial charge >= 0.3 is 0 Å². The van der Waals surface area contributed by atoms with Gasteiger partial charge in [0.05, 0.1) is 30.3 Å². The smallest absolute Gasteiger partial charge is 0.261 e. The van der Waals surface area contributed by atoms with Crippen molar-refractivity contribution in [3.8, 4) is 0 Å². The van der Waals surface area contributed by atoms with Gasteiger partial charge in [0.25, 0.3) is 17.7 Å². The number of aryl methyl sites for hydroxylation is 1. The van der Waals surface area contributed by atoms with Gasteiger partial charge in [0.1, 0.15) is 0 Å². The molecular weight excluding hydrogens is 364 g/mol. The summed E-state index contributed by atoms with van der Waals surface area (Å²) in [5.41, 5.74) is 2.16. The van der Waals surface area contributed by atoms with Crippen molar-refractivity contribution in [1.29, 1.82) is 0 Å². The molecule has 0 bridgehead atoms. The SMILES string of the molecule is Cc1ccsc1CNC(=O)c1ccc2c(c1)C(=O)N(CC1CCCO1)C2=O. The van der Waals surface area contributed by atoms with E-state index in [-0.39, 0.29) is 35.9 Å². The molecule has 7 heteroatoms. The number of benzene rings is 1. The quantitative estimate of drug-likeness (QED) is 0.805. The molecule has 3 amide bonds. The monoisotopic (exact) mass is 384 g/mol. The Morgan fingerprint density at radius 3 is 2.78 bits per heavy atom. The molecule has 2 aromatic rings. The first-order valence-corrected chi connectivity index (χ1v) is 9.85. The maximum Gasteiger partial charge on any atom is 0.261 e. The molecule has 1 saturated heterocycles. The molecule has 1 unspecified atom stereocenters. The molecule has 0 saturated carbocycles. The third-order valence-electron chi connectivity index (χ3n) is 5.02. The molecule has 3 heterocycles. The minimum absolute atomic E-state index is 0.0935. The van der Waals surface area contributed by atoms with Crippen LogP contribution in [0.25, 0.3) is 0 Å². The Hall–Kier alpha value is -2.51. The molecule has 0 aliphatic carbocycles. The first-order chi connectivity index (χ1) is 13.0. The normalized spacial score (nSPS) is 18.9. The van der Waals surface area contributed by atoms with Crippen LogP contribution in [0, 0.1) is 6.92 Å². The van der Waals surface area contributed by atoms with Gasteiger partial charge in [-0.05, 0) is 55.0 Å². The van der Waals surface area contributed by atoms with Gasteiger partial charge in [-0.2, -0.15) is 0 Å². The van der Waals surface area contributed by atoms with Crippen LogP contribution in [0.1, 0.15) is 54.4 Å². The molecule has 4 rings (SSSR count). The number of ether oxygens (including phenoxy) is 1. The number of nitrogens with zero attached hydrogens (tertiary/aromatic N) is 1. The van der Waals surface area contributed by atoms with E-state index >= 15 is 0 Å². The minimum Gasteiger partial charge on any atom is -0.376 e. The number of carbonyl (C=O) groups excluding carboxylic acids is 3. The van der Waals surface area contributed by atoms with Gasteiger partial charge < -0.3 is 10.1 Å². The molecule has 1 atom stereocenters. The lowest BCUT2D eigenvalue weighted by Gasteiger charge is -2.17. The summed E-state index contributed by atoms with van der Waals surface area (Å²) < 4.78 is 5.54. The minimum atomic E-state index is -0.353. The number of fused-ring (bicyclic) bond motifs is 1. The zero-order valence-corrected chi connectivity index (χ0v) is 15.8. The molecule has 0 spiro atoms. The van der Waals surface area contributed by atoms with Crippen LogP contribution in [0.5, 0.6) is 0 Å². The molecule has 6 nitrogen and oxygen atoms in total. The van der Waals surface area contributed by atoms with Gasteiger partial charge in [-0.1, -0.05) is 0 Å². The molecule has 27 heavy (non-hydrogen) atoms. The number of nitrogens with one attached hydrogen (secondary N) is 1. The van der Waals surface area contributed by atoms with E-state index in [4.69, 9.17) is 4.74 Å². The molecule has 0 radical (unpaired) electrons. The van der Waals surface area contributed by atoms with E-state index in [0.717, 1.165) is 23.3 Å². The lowest BCUT2D eigenvalue weighted by molar-refractivity contribution is 0.0475. The van der Waals surface area contributed by atoms with Crippen LogP contribution >= 0.6 is 11.3 Å². The molecule has 1 aromatic heterocycles. The van der Waals surface area contributed by atoms with E-state index in [2.05, 4.69) is 5.32 Å². The predicted octanol–water partition coefficient (Wildman–Crippen LogP) is 2.76. The highest BCUT2D eigenvalue weighted by Crippen LogP contribution is 2.26. The highest BCUT2D eigenvalue weighted by molar-refractivity contribution is 7.10. The van der Waals surface area contributed by atoms with Crippen molar-refractivity contribution in [3.63, 3.8) is 0 Å². The molecule has 140 valence electrons. The lowest BCUT2D eigenvalue weighted by atomic mass is 10.1. The number of imide groups is 1. The number of carbonyl (C=O) groups is 3. The van der Waals surface area contributed by atoms with Crippen LogP contribution in [0.15, 0.2) is 29.6 Å². The fraction of sp³-hybridized carbons (Fsp3) is 0.350. The zero-order chi connectivity index (χ0) is 19.0. The second-order valence-corrected chi connectivity index (χ2v) is 7.83. The summed E-state index contributed by atoms with van der Waals surface area (Å²) in [5.74, 6) is -0.927. The number of hydrogen-bond donors (Lipinski definition) is 1. The van der Waals surface area contributed by atoms with Crippen molar-refractivity contribution in [2.24, 2.45) is 0 Å². The van der Waals surface area contributed by atoms with E-state index < -0.39 is 0 Å². The summed E-state index contributed by atoms with van der Waals surface area (Å²) in [6.45, 7) is 3.38. The van der Waals surface area contributed by atoms with Crippen LogP contribution in [0.2, 0.25) is 0 Å². The van der Waals surface area contributed by atoms with E-state index in [1.807, 2.05) is 18.4 Å². The van der Waals surface area contributed by atoms with Crippen LogP contribution in [0.4, 0.5) is 0 Å². The maximum absolute atomic E-state index is 12.7. The second-order valence-electron chi connectivity index (χ2n) is 6.83. The third kappa shape index (κ3) is 3.40. The molecule has 1 fully saturated rings. The Morgan fingerprint density at radius 2 is 2.07 bits per heavy atom. The number of amides is 3. The van der Waals surface area contributed by atoms with E-state index in [0.29, 0.717) is 24.3 Å². The Balaban J connectivity index is 1.48. The van der Waals surface area contributed by atoms with Crippen molar-refractivity contribution in [2.45, 2.75) is 32.4 Å².